The summed E-state index contributed by atoms with van der Waals surface area (Å²) in [5.41, 5.74) is 0.746. The largest absolute Gasteiger partial charge is 0.508 e. The van der Waals surface area contributed by atoms with Crippen LogP contribution in [0.5, 0.6) is 5.75 Å². The Labute approximate surface area is 116 Å². The van der Waals surface area contributed by atoms with Crippen LogP contribution in [0.3, 0.4) is 0 Å². The second-order valence-corrected chi connectivity index (χ2v) is 4.74. The molecule has 1 aliphatic rings. The zero-order valence-corrected chi connectivity index (χ0v) is 12.6. The molecule has 2 unspecified atom stereocenters. The summed E-state index contributed by atoms with van der Waals surface area (Å²) in [5, 5.41) is 9.26. The molecule has 1 aromatic rings. The van der Waals surface area contributed by atoms with Gasteiger partial charge in [0.25, 0.3) is 0 Å². The van der Waals surface area contributed by atoms with Gasteiger partial charge in [-0.2, -0.15) is 0 Å². The van der Waals surface area contributed by atoms with Crippen molar-refractivity contribution in [1.29, 1.82) is 0 Å². The Kier molecular flexibility index (Phi) is 5.83. The molecule has 0 spiro atoms. The number of hydrogen-bond acceptors (Lipinski definition) is 3. The highest BCUT2D eigenvalue weighted by molar-refractivity contribution is 5.27. The maximum Gasteiger partial charge on any atom is 0.185 e. The maximum absolute atomic E-state index is 9.26. The quantitative estimate of drug-likeness (QED) is 0.880. The van der Waals surface area contributed by atoms with E-state index in [1.165, 1.54) is 0 Å². The first kappa shape index (κ1) is 16.0. The first-order valence-corrected chi connectivity index (χ1v) is 7.21. The van der Waals surface area contributed by atoms with E-state index >= 15 is 0 Å². The molecule has 1 fully saturated rings. The normalized spacial score (nSPS) is 29.7. The fraction of sp³-hybridized carbons (Fsp3) is 0.625. The molecule has 0 saturated carbocycles. The lowest BCUT2D eigenvalue weighted by Crippen LogP contribution is -2.35. The number of phenolic OH excluding ortho intramolecular Hbond substituents is 1. The molecular weight excluding hydrogens is 240 g/mol. The van der Waals surface area contributed by atoms with E-state index in [9.17, 15) is 5.11 Å². The van der Waals surface area contributed by atoms with Gasteiger partial charge in [-0.05, 0) is 31.9 Å². The average Bonchev–Trinajstić information content (AvgIpc) is 2.80. The Bertz CT molecular complexity index is 374. The minimum absolute atomic E-state index is 0.131. The standard InChI is InChI=1S/C14H20O3.C2H6/c1-4-12-14(3,5-2)17-13(16-12)10-6-8-11(15)9-7-10;1-2/h6-9,12-13,15H,4-5H2,1-3H3;1-2H3/t12-,13?,14?;/m0./s1. The molecule has 1 aromatic carbocycles. The molecule has 19 heavy (non-hydrogen) atoms. The van der Waals surface area contributed by atoms with Crippen LogP contribution in [0.15, 0.2) is 24.3 Å². The first-order valence-electron chi connectivity index (χ1n) is 7.21. The maximum atomic E-state index is 9.26. The van der Waals surface area contributed by atoms with E-state index < -0.39 is 0 Å². The number of rotatable bonds is 3. The van der Waals surface area contributed by atoms with E-state index in [0.29, 0.717) is 0 Å². The third-order valence-corrected chi connectivity index (χ3v) is 3.58. The average molecular weight is 266 g/mol. The highest BCUT2D eigenvalue weighted by atomic mass is 16.7. The number of phenols is 1. The molecule has 1 aliphatic heterocycles. The third kappa shape index (κ3) is 3.48. The predicted molar refractivity (Wildman–Crippen MR) is 77.1 cm³/mol. The van der Waals surface area contributed by atoms with E-state index in [4.69, 9.17) is 9.47 Å². The van der Waals surface area contributed by atoms with Gasteiger partial charge in [-0.25, -0.2) is 0 Å². The second-order valence-electron chi connectivity index (χ2n) is 4.74. The predicted octanol–water partition coefficient (Wildman–Crippen LogP) is 4.41. The van der Waals surface area contributed by atoms with E-state index in [2.05, 4.69) is 20.8 Å². The van der Waals surface area contributed by atoms with Crippen LogP contribution in [-0.4, -0.2) is 16.8 Å². The van der Waals surface area contributed by atoms with Gasteiger partial charge in [-0.1, -0.05) is 39.8 Å². The van der Waals surface area contributed by atoms with Crippen molar-refractivity contribution >= 4 is 0 Å². The molecule has 3 nitrogen and oxygen atoms in total. The SMILES string of the molecule is CC.CC[C@@H]1OC(c2ccc(O)cc2)OC1(C)CC. The van der Waals surface area contributed by atoms with Crippen molar-refractivity contribution in [2.24, 2.45) is 0 Å². The molecule has 3 heteroatoms. The van der Waals surface area contributed by atoms with Gasteiger partial charge in [0.05, 0.1) is 11.7 Å². The summed E-state index contributed by atoms with van der Waals surface area (Å²) in [7, 11) is 0. The highest BCUT2D eigenvalue weighted by Crippen LogP contribution is 2.41. The molecule has 0 aromatic heterocycles. The zero-order chi connectivity index (χ0) is 14.5. The summed E-state index contributed by atoms with van der Waals surface area (Å²) in [6.45, 7) is 10.3. The van der Waals surface area contributed by atoms with Gasteiger partial charge in [-0.3, -0.25) is 0 Å². The van der Waals surface area contributed by atoms with Crippen LogP contribution in [0.2, 0.25) is 0 Å². The van der Waals surface area contributed by atoms with Crippen molar-refractivity contribution in [2.45, 2.75) is 65.5 Å². The molecule has 1 saturated heterocycles. The topological polar surface area (TPSA) is 38.7 Å². The number of benzene rings is 1. The van der Waals surface area contributed by atoms with Crippen LogP contribution < -0.4 is 0 Å². The van der Waals surface area contributed by atoms with E-state index in [0.717, 1.165) is 18.4 Å². The number of hydrogen-bond donors (Lipinski definition) is 1. The Hall–Kier alpha value is -1.06. The second kappa shape index (κ2) is 6.92. The minimum Gasteiger partial charge on any atom is -0.508 e. The van der Waals surface area contributed by atoms with Gasteiger partial charge in [0.15, 0.2) is 6.29 Å². The third-order valence-electron chi connectivity index (χ3n) is 3.58. The summed E-state index contributed by atoms with van der Waals surface area (Å²) in [5.74, 6) is 0.261. The molecule has 0 bridgehead atoms. The molecule has 108 valence electrons. The van der Waals surface area contributed by atoms with Crippen LogP contribution in [-0.2, 0) is 9.47 Å². The molecule has 1 N–H and O–H groups in total. The van der Waals surface area contributed by atoms with E-state index in [1.807, 2.05) is 26.0 Å². The highest BCUT2D eigenvalue weighted by Gasteiger charge is 2.44. The lowest BCUT2D eigenvalue weighted by Gasteiger charge is -2.25. The van der Waals surface area contributed by atoms with Crippen LogP contribution in [0.4, 0.5) is 0 Å². The van der Waals surface area contributed by atoms with Gasteiger partial charge in [-0.15, -0.1) is 0 Å². The molecule has 1 heterocycles. The lowest BCUT2D eigenvalue weighted by molar-refractivity contribution is -0.0889. The van der Waals surface area contributed by atoms with Gasteiger partial charge in [0.1, 0.15) is 5.75 Å². The molecule has 0 aliphatic carbocycles. The number of aromatic hydroxyl groups is 1. The van der Waals surface area contributed by atoms with Gasteiger partial charge in [0, 0.05) is 5.56 Å². The van der Waals surface area contributed by atoms with Crippen molar-refractivity contribution in [3.63, 3.8) is 0 Å². The first-order chi connectivity index (χ1) is 9.09. The Balaban J connectivity index is 0.000000861. The van der Waals surface area contributed by atoms with Crippen molar-refractivity contribution in [3.8, 4) is 5.75 Å². The van der Waals surface area contributed by atoms with Crippen molar-refractivity contribution < 1.29 is 14.6 Å². The van der Waals surface area contributed by atoms with Gasteiger partial charge < -0.3 is 14.6 Å². The smallest absolute Gasteiger partial charge is 0.185 e. The summed E-state index contributed by atoms with van der Waals surface area (Å²) in [4.78, 5) is 0. The van der Waals surface area contributed by atoms with E-state index in [-0.39, 0.29) is 23.7 Å². The summed E-state index contributed by atoms with van der Waals surface area (Å²) < 4.78 is 12.0. The fourth-order valence-corrected chi connectivity index (χ4v) is 2.26. The molecule has 0 amide bonds. The summed E-state index contributed by atoms with van der Waals surface area (Å²) >= 11 is 0. The zero-order valence-electron chi connectivity index (χ0n) is 12.6. The van der Waals surface area contributed by atoms with Crippen LogP contribution in [0.25, 0.3) is 0 Å². The Morgan fingerprint density at radius 1 is 1.16 bits per heavy atom. The van der Waals surface area contributed by atoms with Crippen LogP contribution in [0.1, 0.15) is 59.3 Å². The summed E-state index contributed by atoms with van der Waals surface area (Å²) in [6, 6.07) is 7.00. The van der Waals surface area contributed by atoms with Crippen LogP contribution in [0, 0.1) is 0 Å². The molecular formula is C16H26O3. The number of ether oxygens (including phenoxy) is 2. The van der Waals surface area contributed by atoms with Crippen molar-refractivity contribution in [1.82, 2.24) is 0 Å². The Morgan fingerprint density at radius 2 is 1.74 bits per heavy atom. The monoisotopic (exact) mass is 266 g/mol. The summed E-state index contributed by atoms with van der Waals surface area (Å²) in [6.07, 6.45) is 1.69. The fourth-order valence-electron chi connectivity index (χ4n) is 2.26. The molecule has 3 atom stereocenters. The molecule has 2 rings (SSSR count). The van der Waals surface area contributed by atoms with Gasteiger partial charge in [0.2, 0.25) is 0 Å². The lowest BCUT2D eigenvalue weighted by atomic mass is 9.94. The minimum atomic E-state index is -0.314. The van der Waals surface area contributed by atoms with Gasteiger partial charge >= 0.3 is 0 Å². The van der Waals surface area contributed by atoms with Crippen LogP contribution >= 0.6 is 0 Å². The molecule has 0 radical (unpaired) electrons. The van der Waals surface area contributed by atoms with E-state index in [1.54, 1.807) is 12.1 Å². The van der Waals surface area contributed by atoms with Crippen molar-refractivity contribution in [2.75, 3.05) is 0 Å². The van der Waals surface area contributed by atoms with Crippen molar-refractivity contribution in [3.05, 3.63) is 29.8 Å². The Morgan fingerprint density at radius 3 is 2.16 bits per heavy atom.